The van der Waals surface area contributed by atoms with Gasteiger partial charge in [0.15, 0.2) is 11.8 Å². The Morgan fingerprint density at radius 1 is 1.29 bits per heavy atom. The molecule has 1 aliphatic rings. The van der Waals surface area contributed by atoms with Gasteiger partial charge in [0.2, 0.25) is 0 Å². The maximum Gasteiger partial charge on any atom is 0.191 e. The van der Waals surface area contributed by atoms with Crippen LogP contribution in [0.4, 0.5) is 0 Å². The topological polar surface area (TPSA) is 70.4 Å². The molecule has 0 fully saturated rings. The number of benzene rings is 1. The zero-order valence-electron chi connectivity index (χ0n) is 19.3. The Labute approximate surface area is 204 Å². The van der Waals surface area contributed by atoms with Gasteiger partial charge in [-0.2, -0.15) is 5.10 Å². The highest BCUT2D eigenvalue weighted by atomic mass is 127. The molecule has 0 radical (unpaired) electrons. The fourth-order valence-electron chi connectivity index (χ4n) is 3.75. The summed E-state index contributed by atoms with van der Waals surface area (Å²) in [7, 11) is 2.19. The van der Waals surface area contributed by atoms with Crippen LogP contribution in [0.15, 0.2) is 35.3 Å². The monoisotopic (exact) mass is 539 g/mol. The second kappa shape index (κ2) is 13.0. The summed E-state index contributed by atoms with van der Waals surface area (Å²) >= 11 is 0. The Bertz CT molecular complexity index is 806. The van der Waals surface area contributed by atoms with Crippen LogP contribution < -0.4 is 10.6 Å². The standard InChI is InChI=1S/C23H37N7.HI/c1-5-21-27-22-13-12-20(17-30(22)28-21)26-23(24-6-2)25-15-14-18(3)29(4)16-19-10-8-7-9-11-19;/h7-11,18,20H,5-6,12-17H2,1-4H3,(H2,24,25,26);1H. The van der Waals surface area contributed by atoms with Crippen LogP contribution in [-0.2, 0) is 25.9 Å². The SMILES string of the molecule is CCNC(=NCCC(C)N(C)Cc1ccccc1)NC1CCc2nc(CC)nn2C1.I. The number of aromatic nitrogens is 3. The van der Waals surface area contributed by atoms with E-state index < -0.39 is 0 Å². The van der Waals surface area contributed by atoms with Gasteiger partial charge in [-0.15, -0.1) is 24.0 Å². The van der Waals surface area contributed by atoms with E-state index >= 15 is 0 Å². The molecule has 0 saturated heterocycles. The van der Waals surface area contributed by atoms with Crippen molar-refractivity contribution in [3.8, 4) is 0 Å². The molecule has 1 aromatic heterocycles. The summed E-state index contributed by atoms with van der Waals surface area (Å²) in [6.45, 7) is 9.96. The van der Waals surface area contributed by atoms with Crippen LogP contribution in [0, 0.1) is 0 Å². The second-order valence-electron chi connectivity index (χ2n) is 8.16. The highest BCUT2D eigenvalue weighted by molar-refractivity contribution is 14.0. The Hall–Kier alpha value is -1.68. The number of hydrogen-bond donors (Lipinski definition) is 2. The quantitative estimate of drug-likeness (QED) is 0.291. The van der Waals surface area contributed by atoms with E-state index in [9.17, 15) is 0 Å². The van der Waals surface area contributed by atoms with E-state index in [0.29, 0.717) is 12.1 Å². The number of rotatable bonds is 9. The minimum Gasteiger partial charge on any atom is -0.357 e. The van der Waals surface area contributed by atoms with E-state index in [-0.39, 0.29) is 24.0 Å². The third-order valence-corrected chi connectivity index (χ3v) is 5.75. The predicted octanol–water partition coefficient (Wildman–Crippen LogP) is 3.24. The fourth-order valence-corrected chi connectivity index (χ4v) is 3.75. The molecule has 1 aromatic carbocycles. The van der Waals surface area contributed by atoms with Gasteiger partial charge in [0.05, 0.1) is 6.54 Å². The van der Waals surface area contributed by atoms with Gasteiger partial charge in [-0.25, -0.2) is 9.67 Å². The van der Waals surface area contributed by atoms with E-state index in [2.05, 4.69) is 88.4 Å². The number of nitrogens with one attached hydrogen (secondary N) is 2. The van der Waals surface area contributed by atoms with Gasteiger partial charge < -0.3 is 10.6 Å². The smallest absolute Gasteiger partial charge is 0.191 e. The molecule has 2 N–H and O–H groups in total. The van der Waals surface area contributed by atoms with E-state index in [1.165, 1.54) is 5.56 Å². The molecular formula is C23H38IN7. The number of guanidine groups is 1. The fraction of sp³-hybridized carbons (Fsp3) is 0.609. The lowest BCUT2D eigenvalue weighted by Gasteiger charge is -2.26. The molecule has 0 saturated carbocycles. The molecule has 0 spiro atoms. The van der Waals surface area contributed by atoms with Gasteiger partial charge in [-0.05, 0) is 39.3 Å². The van der Waals surface area contributed by atoms with Gasteiger partial charge in [0.25, 0.3) is 0 Å². The van der Waals surface area contributed by atoms with Gasteiger partial charge in [-0.1, -0.05) is 37.3 Å². The summed E-state index contributed by atoms with van der Waals surface area (Å²) in [5, 5.41) is 11.6. The molecule has 172 valence electrons. The summed E-state index contributed by atoms with van der Waals surface area (Å²) in [5.41, 5.74) is 1.35. The average Bonchev–Trinajstić information content (AvgIpc) is 3.17. The largest absolute Gasteiger partial charge is 0.357 e. The first-order valence-electron chi connectivity index (χ1n) is 11.3. The number of halogens is 1. The third-order valence-electron chi connectivity index (χ3n) is 5.75. The Kier molecular flexibility index (Phi) is 10.7. The van der Waals surface area contributed by atoms with Crippen molar-refractivity contribution < 1.29 is 0 Å². The molecule has 0 aliphatic carbocycles. The second-order valence-corrected chi connectivity index (χ2v) is 8.16. The first-order valence-corrected chi connectivity index (χ1v) is 11.3. The zero-order valence-corrected chi connectivity index (χ0v) is 21.7. The average molecular weight is 540 g/mol. The molecule has 2 atom stereocenters. The Balaban J connectivity index is 0.00000341. The molecular weight excluding hydrogens is 501 g/mol. The molecule has 2 heterocycles. The van der Waals surface area contributed by atoms with Crippen molar-refractivity contribution in [2.24, 2.45) is 4.99 Å². The zero-order chi connectivity index (χ0) is 21.3. The number of aliphatic imine (C=N–C) groups is 1. The van der Waals surface area contributed by atoms with Crippen LogP contribution in [0.2, 0.25) is 0 Å². The van der Waals surface area contributed by atoms with E-state index in [1.807, 2.05) is 0 Å². The van der Waals surface area contributed by atoms with Crippen LogP contribution in [0.1, 0.15) is 50.8 Å². The van der Waals surface area contributed by atoms with E-state index in [1.54, 1.807) is 0 Å². The summed E-state index contributed by atoms with van der Waals surface area (Å²) in [6, 6.07) is 11.4. The molecule has 3 rings (SSSR count). The molecule has 2 aromatic rings. The van der Waals surface area contributed by atoms with Crippen LogP contribution >= 0.6 is 24.0 Å². The summed E-state index contributed by atoms with van der Waals surface area (Å²) < 4.78 is 2.06. The van der Waals surface area contributed by atoms with Crippen LogP contribution in [0.25, 0.3) is 0 Å². The number of hydrogen-bond acceptors (Lipinski definition) is 4. The maximum absolute atomic E-state index is 4.84. The highest BCUT2D eigenvalue weighted by Crippen LogP contribution is 2.13. The van der Waals surface area contributed by atoms with Gasteiger partial charge in [0, 0.05) is 44.6 Å². The lowest BCUT2D eigenvalue weighted by Crippen LogP contribution is -2.47. The van der Waals surface area contributed by atoms with Crippen molar-refractivity contribution in [1.82, 2.24) is 30.3 Å². The number of fused-ring (bicyclic) bond motifs is 1. The van der Waals surface area contributed by atoms with Gasteiger partial charge in [-0.3, -0.25) is 9.89 Å². The first-order chi connectivity index (χ1) is 14.6. The molecule has 7 nitrogen and oxygen atoms in total. The maximum atomic E-state index is 4.84. The lowest BCUT2D eigenvalue weighted by atomic mass is 10.1. The summed E-state index contributed by atoms with van der Waals surface area (Å²) in [4.78, 5) is 11.8. The Morgan fingerprint density at radius 2 is 2.06 bits per heavy atom. The van der Waals surface area contributed by atoms with Gasteiger partial charge >= 0.3 is 0 Å². The third kappa shape index (κ3) is 7.75. The van der Waals surface area contributed by atoms with E-state index in [4.69, 9.17) is 4.99 Å². The number of nitrogens with zero attached hydrogens (tertiary/aromatic N) is 5. The molecule has 2 unspecified atom stereocenters. The lowest BCUT2D eigenvalue weighted by molar-refractivity contribution is 0.240. The van der Waals surface area contributed by atoms with E-state index in [0.717, 1.165) is 69.5 Å². The van der Waals surface area contributed by atoms with Crippen molar-refractivity contribution in [1.29, 1.82) is 0 Å². The molecule has 0 bridgehead atoms. The molecule has 1 aliphatic heterocycles. The Morgan fingerprint density at radius 3 is 2.77 bits per heavy atom. The van der Waals surface area contributed by atoms with Crippen LogP contribution in [0.5, 0.6) is 0 Å². The summed E-state index contributed by atoms with van der Waals surface area (Å²) in [6.07, 6.45) is 3.94. The van der Waals surface area contributed by atoms with Crippen molar-refractivity contribution in [3.05, 3.63) is 47.5 Å². The predicted molar refractivity (Wildman–Crippen MR) is 138 cm³/mol. The minimum atomic E-state index is 0. The van der Waals surface area contributed by atoms with Crippen LogP contribution in [0.3, 0.4) is 0 Å². The number of aryl methyl sites for hydroxylation is 2. The van der Waals surface area contributed by atoms with Gasteiger partial charge in [0.1, 0.15) is 5.82 Å². The van der Waals surface area contributed by atoms with Crippen LogP contribution in [-0.4, -0.2) is 57.8 Å². The van der Waals surface area contributed by atoms with Crippen molar-refractivity contribution >= 4 is 29.9 Å². The van der Waals surface area contributed by atoms with Crippen molar-refractivity contribution in [3.63, 3.8) is 0 Å². The first kappa shape index (κ1) is 25.6. The molecule has 8 heteroatoms. The minimum absolute atomic E-state index is 0. The van der Waals surface area contributed by atoms with Crippen molar-refractivity contribution in [2.45, 2.75) is 71.6 Å². The highest BCUT2D eigenvalue weighted by Gasteiger charge is 2.22. The van der Waals surface area contributed by atoms with Crippen molar-refractivity contribution in [2.75, 3.05) is 20.1 Å². The normalized spacial score (nSPS) is 17.1. The molecule has 0 amide bonds. The molecule has 31 heavy (non-hydrogen) atoms. The summed E-state index contributed by atoms with van der Waals surface area (Å²) in [5.74, 6) is 2.96.